The summed E-state index contributed by atoms with van der Waals surface area (Å²) in [5, 5.41) is 18.4. The Morgan fingerprint density at radius 3 is 2.48 bits per heavy atom. The van der Waals surface area contributed by atoms with Crippen LogP contribution in [-0.4, -0.2) is 22.0 Å². The zero-order chi connectivity index (χ0) is 15.4. The number of carboxylic acids is 1. The lowest BCUT2D eigenvalue weighted by Crippen LogP contribution is -2.16. The number of Topliss-reactive ketones (excluding diaryl/α,β-unsaturated/α-hetero) is 1. The lowest BCUT2D eigenvalue weighted by atomic mass is 9.85. The Kier molecular flexibility index (Phi) is 4.38. The standard InChI is InChI=1S/C17H16O4/c1-11(17(20)21)13-7-8-14(10-18)15(9-13)16(19)12-5-3-2-4-6-12/h2-7,9-11,18H,8H2,1H3,(H,20,21). The van der Waals surface area contributed by atoms with Crippen LogP contribution in [0.15, 0.2) is 65.5 Å². The van der Waals surface area contributed by atoms with Gasteiger partial charge in [-0.05, 0) is 25.0 Å². The van der Waals surface area contributed by atoms with E-state index in [9.17, 15) is 14.7 Å². The molecule has 0 heterocycles. The summed E-state index contributed by atoms with van der Waals surface area (Å²) in [6, 6.07) is 8.71. The van der Waals surface area contributed by atoms with Crippen LogP contribution in [0, 0.1) is 5.92 Å². The van der Waals surface area contributed by atoms with Gasteiger partial charge in [0.1, 0.15) is 0 Å². The van der Waals surface area contributed by atoms with E-state index in [0.717, 1.165) is 6.26 Å². The van der Waals surface area contributed by atoms with Gasteiger partial charge in [0.05, 0.1) is 12.2 Å². The molecule has 0 saturated carbocycles. The maximum atomic E-state index is 12.5. The number of hydrogen-bond donors (Lipinski definition) is 2. The molecule has 108 valence electrons. The van der Waals surface area contributed by atoms with Crippen molar-refractivity contribution >= 4 is 11.8 Å². The van der Waals surface area contributed by atoms with E-state index in [2.05, 4.69) is 0 Å². The second-order valence-electron chi connectivity index (χ2n) is 4.88. The Bertz CT molecular complexity index is 651. The minimum atomic E-state index is -0.944. The van der Waals surface area contributed by atoms with Crippen LogP contribution < -0.4 is 0 Å². The minimum absolute atomic E-state index is 0.223. The number of hydrogen-bond acceptors (Lipinski definition) is 3. The summed E-state index contributed by atoms with van der Waals surface area (Å²) in [5.41, 5.74) is 1.92. The Morgan fingerprint density at radius 1 is 1.24 bits per heavy atom. The molecule has 2 rings (SSSR count). The molecule has 1 atom stereocenters. The minimum Gasteiger partial charge on any atom is -0.515 e. The molecule has 0 radical (unpaired) electrons. The molecule has 0 fully saturated rings. The number of aliphatic carboxylic acids is 1. The second-order valence-corrected chi connectivity index (χ2v) is 4.88. The van der Waals surface area contributed by atoms with Gasteiger partial charge in [0.2, 0.25) is 0 Å². The Balaban J connectivity index is 2.40. The largest absolute Gasteiger partial charge is 0.515 e. The van der Waals surface area contributed by atoms with E-state index in [0.29, 0.717) is 28.7 Å². The summed E-state index contributed by atoms with van der Waals surface area (Å²) in [4.78, 5) is 23.6. The number of aliphatic hydroxyl groups excluding tert-OH is 1. The number of carbonyl (C=O) groups excluding carboxylic acids is 1. The van der Waals surface area contributed by atoms with Gasteiger partial charge in [0.25, 0.3) is 0 Å². The van der Waals surface area contributed by atoms with Gasteiger partial charge in [-0.15, -0.1) is 0 Å². The Hall–Kier alpha value is -2.62. The van der Waals surface area contributed by atoms with E-state index < -0.39 is 11.9 Å². The van der Waals surface area contributed by atoms with Gasteiger partial charge in [0.15, 0.2) is 5.78 Å². The van der Waals surface area contributed by atoms with E-state index in [-0.39, 0.29) is 5.78 Å². The summed E-state index contributed by atoms with van der Waals surface area (Å²) < 4.78 is 0. The van der Waals surface area contributed by atoms with E-state index in [4.69, 9.17) is 5.11 Å². The van der Waals surface area contributed by atoms with E-state index >= 15 is 0 Å². The van der Waals surface area contributed by atoms with E-state index in [1.807, 2.05) is 6.07 Å². The molecule has 4 heteroatoms. The fourth-order valence-electron chi connectivity index (χ4n) is 2.18. The second kappa shape index (κ2) is 6.22. The quantitative estimate of drug-likeness (QED) is 0.657. The van der Waals surface area contributed by atoms with E-state index in [1.54, 1.807) is 43.3 Å². The van der Waals surface area contributed by atoms with Gasteiger partial charge >= 0.3 is 5.97 Å². The monoisotopic (exact) mass is 284 g/mol. The SMILES string of the molecule is CC(C(=O)O)C1=CCC(=CO)C(C(=O)c2ccccc2)=C1. The molecule has 1 aliphatic rings. The van der Waals surface area contributed by atoms with Crippen LogP contribution in [0.3, 0.4) is 0 Å². The summed E-state index contributed by atoms with van der Waals surface area (Å²) in [7, 11) is 0. The summed E-state index contributed by atoms with van der Waals surface area (Å²) in [6.07, 6.45) is 4.53. The van der Waals surface area contributed by atoms with Crippen LogP contribution >= 0.6 is 0 Å². The fourth-order valence-corrected chi connectivity index (χ4v) is 2.18. The van der Waals surface area contributed by atoms with Crippen LogP contribution in [0.2, 0.25) is 0 Å². The summed E-state index contributed by atoms with van der Waals surface area (Å²) >= 11 is 0. The molecule has 0 spiro atoms. The molecule has 2 N–H and O–H groups in total. The highest BCUT2D eigenvalue weighted by molar-refractivity contribution is 6.12. The van der Waals surface area contributed by atoms with Crippen molar-refractivity contribution in [3.05, 3.63) is 71.0 Å². The van der Waals surface area contributed by atoms with Crippen LogP contribution in [0.25, 0.3) is 0 Å². The number of allylic oxidation sites excluding steroid dienone is 4. The van der Waals surface area contributed by atoms with Gasteiger partial charge in [-0.1, -0.05) is 36.4 Å². The van der Waals surface area contributed by atoms with Gasteiger partial charge < -0.3 is 10.2 Å². The summed E-state index contributed by atoms with van der Waals surface area (Å²) in [5.74, 6) is -1.86. The highest BCUT2D eigenvalue weighted by Gasteiger charge is 2.24. The number of rotatable bonds is 4. The van der Waals surface area contributed by atoms with Gasteiger partial charge in [-0.2, -0.15) is 0 Å². The number of carbonyl (C=O) groups is 2. The molecule has 0 aromatic heterocycles. The maximum absolute atomic E-state index is 12.5. The van der Waals surface area contributed by atoms with Crippen LogP contribution in [0.4, 0.5) is 0 Å². The van der Waals surface area contributed by atoms with Crippen LogP contribution in [0.5, 0.6) is 0 Å². The van der Waals surface area contributed by atoms with Gasteiger partial charge in [-0.3, -0.25) is 9.59 Å². The number of carboxylic acid groups (broad SMARTS) is 1. The zero-order valence-corrected chi connectivity index (χ0v) is 11.6. The van der Waals surface area contributed by atoms with E-state index in [1.165, 1.54) is 0 Å². The van der Waals surface area contributed by atoms with Crippen molar-refractivity contribution in [2.75, 3.05) is 0 Å². The smallest absolute Gasteiger partial charge is 0.310 e. The number of ketones is 1. The maximum Gasteiger partial charge on any atom is 0.310 e. The molecular formula is C17H16O4. The number of benzene rings is 1. The molecule has 21 heavy (non-hydrogen) atoms. The van der Waals surface area contributed by atoms with Crippen molar-refractivity contribution in [1.29, 1.82) is 0 Å². The number of aliphatic hydroxyl groups is 1. The average molecular weight is 284 g/mol. The molecule has 0 saturated heterocycles. The van der Waals surface area contributed by atoms with Crippen molar-refractivity contribution in [2.45, 2.75) is 13.3 Å². The molecule has 1 unspecified atom stereocenters. The fraction of sp³-hybridized carbons (Fsp3) is 0.176. The van der Waals surface area contributed by atoms with Gasteiger partial charge in [-0.25, -0.2) is 0 Å². The molecule has 1 aliphatic carbocycles. The van der Waals surface area contributed by atoms with Gasteiger partial charge in [0, 0.05) is 16.7 Å². The molecule has 1 aromatic rings. The first kappa shape index (κ1) is 14.8. The van der Waals surface area contributed by atoms with Crippen LogP contribution in [0.1, 0.15) is 23.7 Å². The first-order valence-corrected chi connectivity index (χ1v) is 6.62. The third kappa shape index (κ3) is 3.11. The third-order valence-corrected chi connectivity index (χ3v) is 3.52. The first-order valence-electron chi connectivity index (χ1n) is 6.62. The third-order valence-electron chi connectivity index (χ3n) is 3.52. The molecule has 4 nitrogen and oxygen atoms in total. The highest BCUT2D eigenvalue weighted by Crippen LogP contribution is 2.29. The Labute approximate surface area is 122 Å². The lowest BCUT2D eigenvalue weighted by Gasteiger charge is -2.18. The average Bonchev–Trinajstić information content (AvgIpc) is 2.53. The first-order chi connectivity index (χ1) is 10.0. The molecule has 0 aliphatic heterocycles. The van der Waals surface area contributed by atoms with Crippen molar-refractivity contribution in [2.24, 2.45) is 5.92 Å². The highest BCUT2D eigenvalue weighted by atomic mass is 16.4. The van der Waals surface area contributed by atoms with Crippen molar-refractivity contribution in [3.63, 3.8) is 0 Å². The Morgan fingerprint density at radius 2 is 1.90 bits per heavy atom. The zero-order valence-electron chi connectivity index (χ0n) is 11.6. The predicted molar refractivity (Wildman–Crippen MR) is 79.1 cm³/mol. The van der Waals surface area contributed by atoms with Crippen molar-refractivity contribution in [3.8, 4) is 0 Å². The molecular weight excluding hydrogens is 268 g/mol. The predicted octanol–water partition coefficient (Wildman–Crippen LogP) is 3.29. The van der Waals surface area contributed by atoms with Crippen molar-refractivity contribution in [1.82, 2.24) is 0 Å². The molecule has 1 aromatic carbocycles. The van der Waals surface area contributed by atoms with Crippen molar-refractivity contribution < 1.29 is 19.8 Å². The lowest BCUT2D eigenvalue weighted by molar-refractivity contribution is -0.139. The summed E-state index contributed by atoms with van der Waals surface area (Å²) in [6.45, 7) is 1.57. The topological polar surface area (TPSA) is 74.6 Å². The van der Waals surface area contributed by atoms with Crippen LogP contribution in [-0.2, 0) is 4.79 Å². The molecule has 0 bridgehead atoms. The normalized spacial score (nSPS) is 17.9. The molecule has 0 amide bonds.